The summed E-state index contributed by atoms with van der Waals surface area (Å²) in [5.41, 5.74) is 12.5. The molecule has 7 heteroatoms. The van der Waals surface area contributed by atoms with E-state index in [1.165, 1.54) is 6.07 Å². The summed E-state index contributed by atoms with van der Waals surface area (Å²) in [4.78, 5) is 12.9. The van der Waals surface area contributed by atoms with E-state index < -0.39 is 15.7 Å². The largest absolute Gasteiger partial charge is 0.397 e. The van der Waals surface area contributed by atoms with Gasteiger partial charge in [-0.25, -0.2) is 8.42 Å². The van der Waals surface area contributed by atoms with Gasteiger partial charge in [0.2, 0.25) is 5.91 Å². The summed E-state index contributed by atoms with van der Waals surface area (Å²) < 4.78 is 22.7. The van der Waals surface area contributed by atoms with Gasteiger partial charge in [-0.05, 0) is 18.2 Å². The Morgan fingerprint density at radius 3 is 2.33 bits per heavy atom. The van der Waals surface area contributed by atoms with Gasteiger partial charge in [0, 0.05) is 18.7 Å². The summed E-state index contributed by atoms with van der Waals surface area (Å²) in [6.07, 6.45) is 0. The first-order valence-corrected chi connectivity index (χ1v) is 7.36. The first-order chi connectivity index (χ1) is 8.39. The number of primary amides is 1. The predicted octanol–water partition coefficient (Wildman–Crippen LogP) is -0.397. The fourth-order valence-corrected chi connectivity index (χ4v) is 3.15. The minimum atomic E-state index is -2.91. The predicted molar refractivity (Wildman–Crippen MR) is 70.2 cm³/mol. The number of carbonyl (C=O) groups excluding carboxylic acids is 1. The molecule has 4 N–H and O–H groups in total. The molecule has 0 radical (unpaired) electrons. The van der Waals surface area contributed by atoms with E-state index in [9.17, 15) is 13.2 Å². The number of benzene rings is 1. The third kappa shape index (κ3) is 2.56. The maximum Gasteiger partial charge on any atom is 0.248 e. The number of nitrogens with two attached hydrogens (primary N) is 2. The zero-order chi connectivity index (χ0) is 13.3. The maximum atomic E-state index is 11.3. The second kappa shape index (κ2) is 4.49. The molecule has 1 aromatic carbocycles. The van der Waals surface area contributed by atoms with E-state index in [0.29, 0.717) is 24.3 Å². The summed E-state index contributed by atoms with van der Waals surface area (Å²) >= 11 is 0. The van der Waals surface area contributed by atoms with Crippen molar-refractivity contribution in [2.45, 2.75) is 0 Å². The summed E-state index contributed by atoms with van der Waals surface area (Å²) in [7, 11) is -2.91. The van der Waals surface area contributed by atoms with Crippen molar-refractivity contribution < 1.29 is 13.2 Å². The van der Waals surface area contributed by atoms with Crippen molar-refractivity contribution >= 4 is 27.1 Å². The Morgan fingerprint density at radius 2 is 1.83 bits per heavy atom. The van der Waals surface area contributed by atoms with Crippen molar-refractivity contribution in [3.63, 3.8) is 0 Å². The van der Waals surface area contributed by atoms with Gasteiger partial charge in [-0.1, -0.05) is 0 Å². The summed E-state index contributed by atoms with van der Waals surface area (Å²) in [6, 6.07) is 4.81. The Hall–Kier alpha value is -1.76. The van der Waals surface area contributed by atoms with Crippen LogP contribution in [-0.2, 0) is 9.84 Å². The number of amides is 1. The molecule has 6 nitrogen and oxygen atoms in total. The number of carbonyl (C=O) groups is 1. The molecule has 0 unspecified atom stereocenters. The number of sulfone groups is 1. The molecule has 0 saturated carbocycles. The fraction of sp³-hybridized carbons (Fsp3) is 0.364. The van der Waals surface area contributed by atoms with E-state index in [4.69, 9.17) is 11.5 Å². The molecule has 1 heterocycles. The molecule has 2 rings (SSSR count). The molecule has 1 aliphatic rings. The van der Waals surface area contributed by atoms with E-state index in [2.05, 4.69) is 0 Å². The van der Waals surface area contributed by atoms with Gasteiger partial charge in [0.25, 0.3) is 0 Å². The number of anilines is 2. The number of rotatable bonds is 2. The number of nitrogen functional groups attached to an aromatic ring is 1. The molecule has 0 aromatic heterocycles. The molecule has 98 valence electrons. The Balaban J connectivity index is 2.22. The fourth-order valence-electron chi connectivity index (χ4n) is 1.95. The van der Waals surface area contributed by atoms with Crippen molar-refractivity contribution in [2.75, 3.05) is 35.2 Å². The van der Waals surface area contributed by atoms with E-state index in [1.54, 1.807) is 12.1 Å². The average molecular weight is 269 g/mol. The highest BCUT2D eigenvalue weighted by molar-refractivity contribution is 7.91. The lowest BCUT2D eigenvalue weighted by Crippen LogP contribution is -2.40. The molecule has 0 aliphatic carbocycles. The number of hydrogen-bond acceptors (Lipinski definition) is 5. The number of hydrogen-bond donors (Lipinski definition) is 2. The van der Waals surface area contributed by atoms with E-state index in [0.717, 1.165) is 5.69 Å². The molecule has 1 aliphatic heterocycles. The lowest BCUT2D eigenvalue weighted by Gasteiger charge is -2.29. The molecule has 1 amide bonds. The highest BCUT2D eigenvalue weighted by Gasteiger charge is 2.23. The second-order valence-electron chi connectivity index (χ2n) is 4.28. The van der Waals surface area contributed by atoms with Crippen LogP contribution in [0.3, 0.4) is 0 Å². The van der Waals surface area contributed by atoms with Crippen LogP contribution in [0.5, 0.6) is 0 Å². The molecule has 0 spiro atoms. The average Bonchev–Trinajstić information content (AvgIpc) is 2.29. The molecular formula is C11H15N3O3S. The highest BCUT2D eigenvalue weighted by Crippen LogP contribution is 2.25. The Morgan fingerprint density at radius 1 is 1.22 bits per heavy atom. The smallest absolute Gasteiger partial charge is 0.248 e. The van der Waals surface area contributed by atoms with Crippen LogP contribution in [0.4, 0.5) is 11.4 Å². The van der Waals surface area contributed by atoms with Gasteiger partial charge in [-0.15, -0.1) is 0 Å². The lowest BCUT2D eigenvalue weighted by molar-refractivity contribution is 0.100. The van der Waals surface area contributed by atoms with Crippen LogP contribution in [-0.4, -0.2) is 38.9 Å². The van der Waals surface area contributed by atoms with Gasteiger partial charge in [0.15, 0.2) is 9.84 Å². The van der Waals surface area contributed by atoms with Crippen LogP contribution < -0.4 is 16.4 Å². The molecule has 0 atom stereocenters. The lowest BCUT2D eigenvalue weighted by atomic mass is 10.1. The van der Waals surface area contributed by atoms with Crippen molar-refractivity contribution in [1.82, 2.24) is 0 Å². The van der Waals surface area contributed by atoms with Gasteiger partial charge in [-0.2, -0.15) is 0 Å². The van der Waals surface area contributed by atoms with Crippen LogP contribution in [0.15, 0.2) is 18.2 Å². The molecule has 0 bridgehead atoms. The van der Waals surface area contributed by atoms with Gasteiger partial charge < -0.3 is 16.4 Å². The summed E-state index contributed by atoms with van der Waals surface area (Å²) in [5.74, 6) is -0.275. The van der Waals surface area contributed by atoms with Crippen molar-refractivity contribution in [1.29, 1.82) is 0 Å². The first-order valence-electron chi connectivity index (χ1n) is 5.54. The third-order valence-electron chi connectivity index (χ3n) is 3.00. The topological polar surface area (TPSA) is 106 Å². The first kappa shape index (κ1) is 12.7. The summed E-state index contributed by atoms with van der Waals surface area (Å²) in [6.45, 7) is 0.838. The van der Waals surface area contributed by atoms with Crippen molar-refractivity contribution in [2.24, 2.45) is 5.73 Å². The summed E-state index contributed by atoms with van der Waals surface area (Å²) in [5, 5.41) is 0. The molecule has 1 fully saturated rings. The van der Waals surface area contributed by atoms with Crippen molar-refractivity contribution in [3.8, 4) is 0 Å². The van der Waals surface area contributed by atoms with Crippen LogP contribution in [0.1, 0.15) is 10.4 Å². The van der Waals surface area contributed by atoms with Crippen LogP contribution in [0, 0.1) is 0 Å². The SMILES string of the molecule is NC(=O)c1ccc(N2CCS(=O)(=O)CC2)c(N)c1. The van der Waals surface area contributed by atoms with Crippen LogP contribution in [0.25, 0.3) is 0 Å². The minimum absolute atomic E-state index is 0.129. The maximum absolute atomic E-state index is 11.3. The highest BCUT2D eigenvalue weighted by atomic mass is 32.2. The molecular weight excluding hydrogens is 254 g/mol. The van der Waals surface area contributed by atoms with Crippen LogP contribution in [0.2, 0.25) is 0 Å². The molecule has 18 heavy (non-hydrogen) atoms. The molecule has 1 aromatic rings. The standard InChI is InChI=1S/C11H15N3O3S/c12-9-7-8(11(13)15)1-2-10(9)14-3-5-18(16,17)6-4-14/h1-2,7H,3-6,12H2,(H2,13,15). The van der Waals surface area contributed by atoms with E-state index >= 15 is 0 Å². The van der Waals surface area contributed by atoms with Crippen LogP contribution >= 0.6 is 0 Å². The third-order valence-corrected chi connectivity index (χ3v) is 4.61. The van der Waals surface area contributed by atoms with E-state index in [1.807, 2.05) is 4.90 Å². The zero-order valence-corrected chi connectivity index (χ0v) is 10.6. The van der Waals surface area contributed by atoms with Gasteiger partial charge in [0.1, 0.15) is 0 Å². The molecule has 1 saturated heterocycles. The second-order valence-corrected chi connectivity index (χ2v) is 6.58. The van der Waals surface area contributed by atoms with Crippen molar-refractivity contribution in [3.05, 3.63) is 23.8 Å². The number of nitrogens with zero attached hydrogens (tertiary/aromatic N) is 1. The van der Waals surface area contributed by atoms with Gasteiger partial charge >= 0.3 is 0 Å². The monoisotopic (exact) mass is 269 g/mol. The Kier molecular flexibility index (Phi) is 3.16. The minimum Gasteiger partial charge on any atom is -0.397 e. The van der Waals surface area contributed by atoms with E-state index in [-0.39, 0.29) is 11.5 Å². The van der Waals surface area contributed by atoms with Gasteiger partial charge in [0.05, 0.1) is 22.9 Å². The Bertz CT molecular complexity index is 569. The quantitative estimate of drug-likeness (QED) is 0.711. The van der Waals surface area contributed by atoms with Gasteiger partial charge in [-0.3, -0.25) is 4.79 Å². The Labute approximate surface area is 105 Å². The normalized spacial score (nSPS) is 18.6. The zero-order valence-electron chi connectivity index (χ0n) is 9.80.